The van der Waals surface area contributed by atoms with Crippen LogP contribution in [0.2, 0.25) is 0 Å². The number of nitrogens with one attached hydrogen (secondary N) is 1. The number of amides is 1. The van der Waals surface area contributed by atoms with Crippen molar-refractivity contribution in [1.29, 1.82) is 0 Å². The van der Waals surface area contributed by atoms with Crippen LogP contribution in [0.3, 0.4) is 0 Å². The van der Waals surface area contributed by atoms with Crippen molar-refractivity contribution >= 4 is 28.8 Å². The Balaban J connectivity index is 1.73. The molecule has 2 heterocycles. The molecule has 1 N–H and O–H groups in total. The Morgan fingerprint density at radius 3 is 2.53 bits per heavy atom. The lowest BCUT2D eigenvalue weighted by Crippen LogP contribution is -2.38. The second-order valence-electron chi connectivity index (χ2n) is 9.41. The first-order chi connectivity index (χ1) is 18.3. The molecule has 2 aliphatic rings. The second kappa shape index (κ2) is 12.2. The fraction of sp³-hybridized carbons (Fsp3) is 0.345. The van der Waals surface area contributed by atoms with E-state index >= 15 is 0 Å². The number of aliphatic imine (C=N–C) groups is 1. The zero-order valence-corrected chi connectivity index (χ0v) is 23.1. The van der Waals surface area contributed by atoms with Gasteiger partial charge in [0, 0.05) is 17.8 Å². The first kappa shape index (κ1) is 27.3. The summed E-state index contributed by atoms with van der Waals surface area (Å²) in [7, 11) is 3.14. The second-order valence-corrected chi connectivity index (χ2v) is 10.2. The molecule has 4 rings (SSSR count). The van der Waals surface area contributed by atoms with Crippen molar-refractivity contribution < 1.29 is 23.8 Å². The van der Waals surface area contributed by atoms with Gasteiger partial charge in [-0.25, -0.2) is 9.79 Å². The van der Waals surface area contributed by atoms with E-state index in [2.05, 4.69) is 5.32 Å². The number of fused-ring (bicyclic) bond motifs is 1. The number of amidine groups is 1. The third-order valence-electron chi connectivity index (χ3n) is 6.21. The van der Waals surface area contributed by atoms with Crippen molar-refractivity contribution in [2.45, 2.75) is 39.8 Å². The maximum atomic E-state index is 13.7. The fourth-order valence-electron chi connectivity index (χ4n) is 4.40. The standard InChI is InChI=1S/C29H33N3O5S/c1-18(2)15-30-24(33)14-21-17-38-29-31-19(3)25(28(34)37-16-20-10-7-6-8-11-20)26(32(21)29)22-12-9-13-23(35-4)27(22)36-5/h6-13,17-18,26H,14-16H2,1-5H3,(H,30,33)/t26-/m1/s1. The highest BCUT2D eigenvalue weighted by Crippen LogP contribution is 2.48. The number of carbonyl (C=O) groups is 2. The minimum atomic E-state index is -0.630. The summed E-state index contributed by atoms with van der Waals surface area (Å²) in [6.45, 7) is 6.61. The topological polar surface area (TPSA) is 89.5 Å². The molecule has 0 aromatic heterocycles. The summed E-state index contributed by atoms with van der Waals surface area (Å²) in [5.41, 5.74) is 3.27. The number of nitrogens with zero attached hydrogens (tertiary/aromatic N) is 2. The molecule has 2 aromatic carbocycles. The van der Waals surface area contributed by atoms with E-state index in [1.54, 1.807) is 27.2 Å². The predicted octanol–water partition coefficient (Wildman–Crippen LogP) is 5.18. The van der Waals surface area contributed by atoms with Crippen molar-refractivity contribution in [3.8, 4) is 11.5 Å². The molecule has 0 unspecified atom stereocenters. The number of allylic oxidation sites excluding steroid dienone is 1. The van der Waals surface area contributed by atoms with E-state index in [0.717, 1.165) is 11.3 Å². The Morgan fingerprint density at radius 1 is 1.08 bits per heavy atom. The average molecular weight is 536 g/mol. The van der Waals surface area contributed by atoms with Crippen molar-refractivity contribution in [3.63, 3.8) is 0 Å². The van der Waals surface area contributed by atoms with Crippen LogP contribution in [0.5, 0.6) is 11.5 Å². The highest BCUT2D eigenvalue weighted by atomic mass is 32.2. The molecule has 2 aromatic rings. The number of benzene rings is 2. The highest BCUT2D eigenvalue weighted by Gasteiger charge is 2.42. The van der Waals surface area contributed by atoms with Crippen molar-refractivity contribution in [1.82, 2.24) is 10.2 Å². The zero-order chi connectivity index (χ0) is 27.2. The third-order valence-corrected chi connectivity index (χ3v) is 7.10. The van der Waals surface area contributed by atoms with Gasteiger partial charge in [0.05, 0.1) is 38.0 Å². The van der Waals surface area contributed by atoms with Crippen LogP contribution in [0.1, 0.15) is 44.4 Å². The molecule has 1 atom stereocenters. The molecule has 0 aliphatic carbocycles. The van der Waals surface area contributed by atoms with Gasteiger partial charge in [-0.1, -0.05) is 68.1 Å². The normalized spacial score (nSPS) is 16.6. The van der Waals surface area contributed by atoms with E-state index in [-0.39, 0.29) is 18.9 Å². The molecule has 2 aliphatic heterocycles. The number of carbonyl (C=O) groups excluding carboxylic acids is 2. The molecule has 200 valence electrons. The molecule has 9 heteroatoms. The first-order valence-electron chi connectivity index (χ1n) is 12.5. The van der Waals surface area contributed by atoms with Gasteiger partial charge in [-0.3, -0.25) is 4.79 Å². The molecule has 8 nitrogen and oxygen atoms in total. The largest absolute Gasteiger partial charge is 0.493 e. The van der Waals surface area contributed by atoms with Gasteiger partial charge in [0.2, 0.25) is 5.91 Å². The number of methoxy groups -OCH3 is 2. The number of hydrogen-bond acceptors (Lipinski definition) is 8. The summed E-state index contributed by atoms with van der Waals surface area (Å²) in [6.07, 6.45) is 0.146. The Morgan fingerprint density at radius 2 is 1.84 bits per heavy atom. The van der Waals surface area contributed by atoms with Gasteiger partial charge in [-0.05, 0) is 29.9 Å². The van der Waals surface area contributed by atoms with Crippen LogP contribution in [-0.2, 0) is 20.9 Å². The van der Waals surface area contributed by atoms with Gasteiger partial charge in [-0.15, -0.1) is 0 Å². The zero-order valence-electron chi connectivity index (χ0n) is 22.3. The summed E-state index contributed by atoms with van der Waals surface area (Å²) >= 11 is 1.43. The lowest BCUT2D eigenvalue weighted by molar-refractivity contribution is -0.141. The molecule has 1 amide bonds. The summed E-state index contributed by atoms with van der Waals surface area (Å²) in [5, 5.41) is 5.58. The molecule has 38 heavy (non-hydrogen) atoms. The van der Waals surface area contributed by atoms with Gasteiger partial charge in [0.25, 0.3) is 0 Å². The molecule has 0 saturated carbocycles. The van der Waals surface area contributed by atoms with Crippen LogP contribution >= 0.6 is 11.8 Å². The highest BCUT2D eigenvalue weighted by molar-refractivity contribution is 8.16. The maximum Gasteiger partial charge on any atom is 0.338 e. The van der Waals surface area contributed by atoms with E-state index in [1.807, 2.05) is 66.6 Å². The Kier molecular flexibility index (Phi) is 8.78. The molecular formula is C29H33N3O5S. The minimum Gasteiger partial charge on any atom is -0.493 e. The number of para-hydroxylation sites is 1. The van der Waals surface area contributed by atoms with E-state index in [1.165, 1.54) is 11.8 Å². The quantitative estimate of drug-likeness (QED) is 0.419. The summed E-state index contributed by atoms with van der Waals surface area (Å²) < 4.78 is 17.1. The Hall–Kier alpha value is -3.72. The number of esters is 1. The average Bonchev–Trinajstić information content (AvgIpc) is 3.31. The number of hydrogen-bond donors (Lipinski definition) is 1. The third kappa shape index (κ3) is 5.88. The monoisotopic (exact) mass is 535 g/mol. The Labute approximate surface area is 227 Å². The van der Waals surface area contributed by atoms with Gasteiger partial charge in [0.1, 0.15) is 6.61 Å². The van der Waals surface area contributed by atoms with E-state index < -0.39 is 12.0 Å². The van der Waals surface area contributed by atoms with Crippen LogP contribution in [0, 0.1) is 5.92 Å². The Bertz CT molecular complexity index is 1290. The molecule has 0 saturated heterocycles. The van der Waals surface area contributed by atoms with E-state index in [9.17, 15) is 9.59 Å². The van der Waals surface area contributed by atoms with Crippen LogP contribution < -0.4 is 14.8 Å². The molecular weight excluding hydrogens is 502 g/mol. The summed E-state index contributed by atoms with van der Waals surface area (Å²) in [4.78, 5) is 33.1. The lowest BCUT2D eigenvalue weighted by Gasteiger charge is -2.37. The molecule has 0 bridgehead atoms. The van der Waals surface area contributed by atoms with E-state index in [4.69, 9.17) is 19.2 Å². The van der Waals surface area contributed by atoms with Gasteiger partial charge < -0.3 is 24.4 Å². The SMILES string of the molecule is COc1cccc([C@@H]2C(C(=O)OCc3ccccc3)=C(C)N=C3SC=C(CC(=O)NCC(C)C)N32)c1OC. The molecule has 0 radical (unpaired) electrons. The van der Waals surface area contributed by atoms with Gasteiger partial charge in [-0.2, -0.15) is 0 Å². The van der Waals surface area contributed by atoms with Crippen LogP contribution in [-0.4, -0.2) is 42.7 Å². The smallest absolute Gasteiger partial charge is 0.338 e. The van der Waals surface area contributed by atoms with Gasteiger partial charge in [0.15, 0.2) is 16.7 Å². The number of rotatable bonds is 10. The molecule has 0 spiro atoms. The van der Waals surface area contributed by atoms with Crippen molar-refractivity contribution in [2.75, 3.05) is 20.8 Å². The first-order valence-corrected chi connectivity index (χ1v) is 13.3. The number of ether oxygens (including phenoxy) is 3. The van der Waals surface area contributed by atoms with Gasteiger partial charge >= 0.3 is 5.97 Å². The maximum absolute atomic E-state index is 13.7. The van der Waals surface area contributed by atoms with E-state index in [0.29, 0.717) is 46.0 Å². The lowest BCUT2D eigenvalue weighted by atomic mass is 9.92. The fourth-order valence-corrected chi connectivity index (χ4v) is 5.36. The summed E-state index contributed by atoms with van der Waals surface area (Å²) in [6, 6.07) is 14.4. The van der Waals surface area contributed by atoms with Crippen LogP contribution in [0.15, 0.2) is 75.9 Å². The van der Waals surface area contributed by atoms with Crippen molar-refractivity contribution in [3.05, 3.63) is 82.0 Å². The predicted molar refractivity (Wildman–Crippen MR) is 149 cm³/mol. The summed E-state index contributed by atoms with van der Waals surface area (Å²) in [5.74, 6) is 0.800. The van der Waals surface area contributed by atoms with Crippen LogP contribution in [0.4, 0.5) is 0 Å². The van der Waals surface area contributed by atoms with Crippen LogP contribution in [0.25, 0.3) is 0 Å². The van der Waals surface area contributed by atoms with Crippen molar-refractivity contribution in [2.24, 2.45) is 10.9 Å². The number of thioether (sulfide) groups is 1. The minimum absolute atomic E-state index is 0.0948. The molecule has 0 fully saturated rings.